The summed E-state index contributed by atoms with van der Waals surface area (Å²) in [7, 11) is 0. The third-order valence-electron chi connectivity index (χ3n) is 3.05. The molecule has 1 saturated heterocycles. The molecule has 0 radical (unpaired) electrons. The first kappa shape index (κ1) is 10.8. The Morgan fingerprint density at radius 1 is 1.44 bits per heavy atom. The van der Waals surface area contributed by atoms with Crippen LogP contribution < -0.4 is 10.6 Å². The van der Waals surface area contributed by atoms with E-state index in [0.717, 1.165) is 10.9 Å². The molecule has 0 bridgehead atoms. The lowest BCUT2D eigenvalue weighted by Gasteiger charge is -2.11. The number of amides is 2. The minimum Gasteiger partial charge on any atom is -0.344 e. The molecule has 92 valence electrons. The highest BCUT2D eigenvalue weighted by molar-refractivity contribution is 6.04. The van der Waals surface area contributed by atoms with Crippen molar-refractivity contribution in [2.75, 3.05) is 5.32 Å². The molecule has 1 aromatic carbocycles. The van der Waals surface area contributed by atoms with E-state index in [1.165, 1.54) is 0 Å². The van der Waals surface area contributed by atoms with Crippen molar-refractivity contribution in [1.82, 2.24) is 15.5 Å². The van der Waals surface area contributed by atoms with Gasteiger partial charge in [0.15, 0.2) is 0 Å². The van der Waals surface area contributed by atoms with Gasteiger partial charge in [-0.25, -0.2) is 0 Å². The van der Waals surface area contributed by atoms with Gasteiger partial charge in [-0.2, -0.15) is 5.10 Å². The third kappa shape index (κ3) is 1.81. The van der Waals surface area contributed by atoms with Crippen molar-refractivity contribution in [2.24, 2.45) is 0 Å². The minimum atomic E-state index is -0.431. The molecule has 1 aliphatic heterocycles. The predicted octanol–water partition coefficient (Wildman–Crippen LogP) is 0.780. The van der Waals surface area contributed by atoms with Crippen molar-refractivity contribution >= 4 is 28.4 Å². The first-order valence-corrected chi connectivity index (χ1v) is 5.76. The Balaban J connectivity index is 1.82. The van der Waals surface area contributed by atoms with Crippen LogP contribution in [0.25, 0.3) is 10.9 Å². The van der Waals surface area contributed by atoms with Gasteiger partial charge in [0.1, 0.15) is 6.04 Å². The van der Waals surface area contributed by atoms with Gasteiger partial charge >= 0.3 is 0 Å². The number of anilines is 1. The molecule has 2 amide bonds. The fraction of sp³-hybridized carbons (Fsp3) is 0.250. The second-order valence-electron chi connectivity index (χ2n) is 4.28. The molecule has 3 N–H and O–H groups in total. The Morgan fingerprint density at radius 3 is 3.11 bits per heavy atom. The summed E-state index contributed by atoms with van der Waals surface area (Å²) in [5, 5.41) is 13.1. The summed E-state index contributed by atoms with van der Waals surface area (Å²) < 4.78 is 0. The van der Waals surface area contributed by atoms with E-state index >= 15 is 0 Å². The monoisotopic (exact) mass is 244 g/mol. The van der Waals surface area contributed by atoms with Crippen LogP contribution >= 0.6 is 0 Å². The van der Waals surface area contributed by atoms with Crippen LogP contribution in [0.5, 0.6) is 0 Å². The Morgan fingerprint density at radius 2 is 2.33 bits per heavy atom. The average molecular weight is 244 g/mol. The summed E-state index contributed by atoms with van der Waals surface area (Å²) in [6.07, 6.45) is 2.62. The number of fused-ring (bicyclic) bond motifs is 1. The fourth-order valence-electron chi connectivity index (χ4n) is 2.11. The topological polar surface area (TPSA) is 86.9 Å². The number of nitrogens with one attached hydrogen (secondary N) is 3. The normalized spacial score (nSPS) is 18.9. The Kier molecular flexibility index (Phi) is 2.47. The lowest BCUT2D eigenvalue weighted by Crippen LogP contribution is -2.37. The van der Waals surface area contributed by atoms with Gasteiger partial charge in [-0.3, -0.25) is 14.7 Å². The molecule has 6 heteroatoms. The molecule has 0 saturated carbocycles. The van der Waals surface area contributed by atoms with Gasteiger partial charge in [0, 0.05) is 11.8 Å². The Labute approximate surface area is 103 Å². The average Bonchev–Trinajstić information content (AvgIpc) is 2.97. The highest BCUT2D eigenvalue weighted by Crippen LogP contribution is 2.21. The van der Waals surface area contributed by atoms with Crippen LogP contribution in [0.1, 0.15) is 12.8 Å². The maximum absolute atomic E-state index is 12.0. The van der Waals surface area contributed by atoms with Gasteiger partial charge in [-0.05, 0) is 18.6 Å². The lowest BCUT2D eigenvalue weighted by atomic mass is 10.2. The smallest absolute Gasteiger partial charge is 0.246 e. The van der Waals surface area contributed by atoms with Crippen LogP contribution in [0.4, 0.5) is 5.69 Å². The van der Waals surface area contributed by atoms with Gasteiger partial charge in [-0.15, -0.1) is 0 Å². The van der Waals surface area contributed by atoms with E-state index < -0.39 is 6.04 Å². The highest BCUT2D eigenvalue weighted by Gasteiger charge is 2.27. The van der Waals surface area contributed by atoms with Gasteiger partial charge in [-0.1, -0.05) is 6.07 Å². The van der Waals surface area contributed by atoms with E-state index in [4.69, 9.17) is 0 Å². The molecule has 0 aliphatic carbocycles. The number of aromatic nitrogens is 2. The van der Waals surface area contributed by atoms with Crippen molar-refractivity contribution < 1.29 is 9.59 Å². The van der Waals surface area contributed by atoms with E-state index in [-0.39, 0.29) is 11.8 Å². The van der Waals surface area contributed by atoms with Crippen molar-refractivity contribution in [3.63, 3.8) is 0 Å². The number of rotatable bonds is 2. The van der Waals surface area contributed by atoms with Gasteiger partial charge in [0.05, 0.1) is 17.4 Å². The molecule has 3 rings (SSSR count). The van der Waals surface area contributed by atoms with E-state index in [1.807, 2.05) is 18.2 Å². The highest BCUT2D eigenvalue weighted by atomic mass is 16.2. The zero-order valence-electron chi connectivity index (χ0n) is 9.56. The largest absolute Gasteiger partial charge is 0.344 e. The molecule has 1 fully saturated rings. The van der Waals surface area contributed by atoms with Gasteiger partial charge in [0.2, 0.25) is 11.8 Å². The molecule has 1 aromatic heterocycles. The first-order chi connectivity index (χ1) is 8.74. The zero-order valence-corrected chi connectivity index (χ0v) is 9.56. The van der Waals surface area contributed by atoms with E-state index in [9.17, 15) is 9.59 Å². The van der Waals surface area contributed by atoms with Crippen LogP contribution in [-0.4, -0.2) is 28.1 Å². The number of carbonyl (C=O) groups is 2. The van der Waals surface area contributed by atoms with Crippen LogP contribution in [-0.2, 0) is 9.59 Å². The Hall–Kier alpha value is -2.37. The number of nitrogens with zero attached hydrogens (tertiary/aromatic N) is 1. The lowest BCUT2D eigenvalue weighted by molar-refractivity contribution is -0.122. The molecule has 6 nitrogen and oxygen atoms in total. The van der Waals surface area contributed by atoms with E-state index in [0.29, 0.717) is 18.5 Å². The quantitative estimate of drug-likeness (QED) is 0.729. The molecule has 1 unspecified atom stereocenters. The number of hydrogen-bond donors (Lipinski definition) is 3. The SMILES string of the molecule is O=C1CCC(C(=O)Nc2cccc3[nH]ncc23)N1. The summed E-state index contributed by atoms with van der Waals surface area (Å²) in [6.45, 7) is 0. The van der Waals surface area contributed by atoms with Crippen LogP contribution in [0, 0.1) is 0 Å². The molecular formula is C12H12N4O2. The number of aromatic amines is 1. The number of H-pyrrole nitrogens is 1. The van der Waals surface area contributed by atoms with Crippen molar-refractivity contribution in [1.29, 1.82) is 0 Å². The van der Waals surface area contributed by atoms with Crippen molar-refractivity contribution in [3.8, 4) is 0 Å². The fourth-order valence-corrected chi connectivity index (χ4v) is 2.11. The standard InChI is InChI=1S/C12H12N4O2/c17-11-5-4-10(14-11)12(18)15-8-2-1-3-9-7(8)6-13-16-9/h1-3,6,10H,4-5H2,(H,13,16)(H,14,17)(H,15,18). The molecule has 2 heterocycles. The molecule has 18 heavy (non-hydrogen) atoms. The number of carbonyl (C=O) groups excluding carboxylic acids is 2. The molecule has 2 aromatic rings. The number of benzene rings is 1. The second kappa shape index (κ2) is 4.14. The minimum absolute atomic E-state index is 0.0725. The van der Waals surface area contributed by atoms with Crippen molar-refractivity contribution in [2.45, 2.75) is 18.9 Å². The van der Waals surface area contributed by atoms with Crippen molar-refractivity contribution in [3.05, 3.63) is 24.4 Å². The zero-order chi connectivity index (χ0) is 12.5. The van der Waals surface area contributed by atoms with Gasteiger partial charge in [0.25, 0.3) is 0 Å². The van der Waals surface area contributed by atoms with Crippen LogP contribution in [0.15, 0.2) is 24.4 Å². The molecule has 1 aliphatic rings. The molecule has 0 spiro atoms. The number of hydrogen-bond acceptors (Lipinski definition) is 3. The third-order valence-corrected chi connectivity index (χ3v) is 3.05. The predicted molar refractivity (Wildman–Crippen MR) is 65.9 cm³/mol. The summed E-state index contributed by atoms with van der Waals surface area (Å²) >= 11 is 0. The molecule has 1 atom stereocenters. The van der Waals surface area contributed by atoms with E-state index in [2.05, 4.69) is 20.8 Å². The van der Waals surface area contributed by atoms with E-state index in [1.54, 1.807) is 6.20 Å². The summed E-state index contributed by atoms with van der Waals surface area (Å²) in [6, 6.07) is 5.10. The van der Waals surface area contributed by atoms with Crippen LogP contribution in [0.3, 0.4) is 0 Å². The summed E-state index contributed by atoms with van der Waals surface area (Å²) in [5.74, 6) is -0.258. The molecular weight excluding hydrogens is 232 g/mol. The maximum atomic E-state index is 12.0. The van der Waals surface area contributed by atoms with Gasteiger partial charge < -0.3 is 10.6 Å². The summed E-state index contributed by atoms with van der Waals surface area (Å²) in [5.41, 5.74) is 1.57. The Bertz CT molecular complexity index is 619. The van der Waals surface area contributed by atoms with Crippen LogP contribution in [0.2, 0.25) is 0 Å². The second-order valence-corrected chi connectivity index (χ2v) is 4.28. The first-order valence-electron chi connectivity index (χ1n) is 5.76. The summed E-state index contributed by atoms with van der Waals surface area (Å²) in [4.78, 5) is 23.0. The maximum Gasteiger partial charge on any atom is 0.246 e.